The van der Waals surface area contributed by atoms with Crippen LogP contribution >= 0.6 is 0 Å². The maximum Gasteiger partial charge on any atom is 0.237 e. The highest BCUT2D eigenvalue weighted by atomic mass is 16.2. The minimum atomic E-state index is -0.118. The largest absolute Gasteiger partial charge is 0.353 e. The second kappa shape index (κ2) is 4.02. The standard InChI is InChI=1S/C10H16N4O/c1-6(2)9-10(15)12-4-8(14-9)7-3-11-5-13-7/h3,5-6,8-9,14H,4H2,1-2H3,(H,11,13)(H,12,15). The van der Waals surface area contributed by atoms with Crippen LogP contribution in [0.1, 0.15) is 25.6 Å². The van der Waals surface area contributed by atoms with E-state index < -0.39 is 0 Å². The van der Waals surface area contributed by atoms with E-state index in [2.05, 4.69) is 20.6 Å². The molecule has 1 aromatic rings. The molecule has 1 amide bonds. The third kappa shape index (κ3) is 2.02. The highest BCUT2D eigenvalue weighted by molar-refractivity contribution is 5.82. The number of amides is 1. The minimum Gasteiger partial charge on any atom is -0.353 e. The van der Waals surface area contributed by atoms with E-state index in [4.69, 9.17) is 0 Å². The summed E-state index contributed by atoms with van der Waals surface area (Å²) in [4.78, 5) is 18.6. The molecule has 3 N–H and O–H groups in total. The van der Waals surface area contributed by atoms with Crippen molar-refractivity contribution in [3.8, 4) is 0 Å². The van der Waals surface area contributed by atoms with Gasteiger partial charge in [0.25, 0.3) is 0 Å². The topological polar surface area (TPSA) is 69.8 Å². The molecule has 0 saturated carbocycles. The van der Waals surface area contributed by atoms with Crippen molar-refractivity contribution in [1.29, 1.82) is 0 Å². The molecule has 5 nitrogen and oxygen atoms in total. The second-order valence-electron chi connectivity index (χ2n) is 4.19. The molecule has 2 heterocycles. The molecule has 0 spiro atoms. The molecule has 1 aliphatic rings. The van der Waals surface area contributed by atoms with Crippen molar-refractivity contribution in [2.45, 2.75) is 25.9 Å². The Labute approximate surface area is 88.7 Å². The van der Waals surface area contributed by atoms with E-state index in [1.807, 2.05) is 13.8 Å². The second-order valence-corrected chi connectivity index (χ2v) is 4.19. The van der Waals surface area contributed by atoms with Crippen molar-refractivity contribution in [1.82, 2.24) is 20.6 Å². The summed E-state index contributed by atoms with van der Waals surface area (Å²) in [6.07, 6.45) is 3.43. The third-order valence-electron chi connectivity index (χ3n) is 2.71. The zero-order valence-corrected chi connectivity index (χ0v) is 8.95. The predicted octanol–water partition coefficient (Wildman–Crippen LogP) is 0.195. The Kier molecular flexibility index (Phi) is 2.73. The molecule has 15 heavy (non-hydrogen) atoms. The number of aromatic nitrogens is 2. The summed E-state index contributed by atoms with van der Waals surface area (Å²) in [7, 11) is 0. The molecule has 0 aliphatic carbocycles. The first-order valence-electron chi connectivity index (χ1n) is 5.20. The van der Waals surface area contributed by atoms with Crippen molar-refractivity contribution >= 4 is 5.91 Å². The van der Waals surface area contributed by atoms with E-state index in [0.29, 0.717) is 6.54 Å². The first-order valence-corrected chi connectivity index (χ1v) is 5.20. The molecule has 1 aliphatic heterocycles. The summed E-state index contributed by atoms with van der Waals surface area (Å²) >= 11 is 0. The molecule has 1 aromatic heterocycles. The zero-order valence-electron chi connectivity index (χ0n) is 8.95. The molecule has 2 unspecified atom stereocenters. The highest BCUT2D eigenvalue weighted by Crippen LogP contribution is 2.15. The number of hydrogen-bond donors (Lipinski definition) is 3. The fraction of sp³-hybridized carbons (Fsp3) is 0.600. The maximum absolute atomic E-state index is 11.6. The van der Waals surface area contributed by atoms with Crippen LogP contribution in [0.15, 0.2) is 12.5 Å². The maximum atomic E-state index is 11.6. The number of nitrogens with zero attached hydrogens (tertiary/aromatic N) is 1. The van der Waals surface area contributed by atoms with E-state index in [1.54, 1.807) is 12.5 Å². The third-order valence-corrected chi connectivity index (χ3v) is 2.71. The lowest BCUT2D eigenvalue weighted by molar-refractivity contribution is -0.126. The Hall–Kier alpha value is -1.36. The number of nitrogens with one attached hydrogen (secondary N) is 3. The smallest absolute Gasteiger partial charge is 0.237 e. The van der Waals surface area contributed by atoms with E-state index in [9.17, 15) is 4.79 Å². The fourth-order valence-electron chi connectivity index (χ4n) is 1.82. The summed E-state index contributed by atoms with van der Waals surface area (Å²) in [6.45, 7) is 4.68. The molecule has 0 radical (unpaired) electrons. The number of carbonyl (C=O) groups excluding carboxylic acids is 1. The molecular formula is C10H16N4O. The van der Waals surface area contributed by atoms with Gasteiger partial charge in [0.05, 0.1) is 24.1 Å². The lowest BCUT2D eigenvalue weighted by atomic mass is 9.99. The molecule has 1 fully saturated rings. The Morgan fingerprint density at radius 2 is 2.33 bits per heavy atom. The van der Waals surface area contributed by atoms with E-state index in [1.165, 1.54) is 0 Å². The number of H-pyrrole nitrogens is 1. The van der Waals surface area contributed by atoms with Gasteiger partial charge in [0.2, 0.25) is 5.91 Å². The van der Waals surface area contributed by atoms with Gasteiger partial charge in [-0.25, -0.2) is 4.98 Å². The number of aromatic amines is 1. The molecular weight excluding hydrogens is 192 g/mol. The Morgan fingerprint density at radius 3 is 2.93 bits per heavy atom. The number of piperazine rings is 1. The van der Waals surface area contributed by atoms with E-state index >= 15 is 0 Å². The lowest BCUT2D eigenvalue weighted by Crippen LogP contribution is -2.56. The quantitative estimate of drug-likeness (QED) is 0.650. The Morgan fingerprint density at radius 1 is 1.53 bits per heavy atom. The van der Waals surface area contributed by atoms with Gasteiger partial charge in [-0.1, -0.05) is 13.8 Å². The van der Waals surface area contributed by atoms with Crippen LogP contribution in [0, 0.1) is 5.92 Å². The van der Waals surface area contributed by atoms with Crippen LogP contribution in [0.25, 0.3) is 0 Å². The number of carbonyl (C=O) groups is 1. The minimum absolute atomic E-state index is 0.0840. The zero-order chi connectivity index (χ0) is 10.8. The molecule has 0 aromatic carbocycles. The molecule has 2 rings (SSSR count). The van der Waals surface area contributed by atoms with Crippen molar-refractivity contribution < 1.29 is 4.79 Å². The normalized spacial score (nSPS) is 26.7. The van der Waals surface area contributed by atoms with Crippen LogP contribution < -0.4 is 10.6 Å². The molecule has 5 heteroatoms. The van der Waals surface area contributed by atoms with Gasteiger partial charge in [0.15, 0.2) is 0 Å². The fourth-order valence-corrected chi connectivity index (χ4v) is 1.82. The average Bonchev–Trinajstić information content (AvgIpc) is 2.71. The monoisotopic (exact) mass is 208 g/mol. The summed E-state index contributed by atoms with van der Waals surface area (Å²) in [5, 5.41) is 6.22. The van der Waals surface area contributed by atoms with Crippen LogP contribution in [0.5, 0.6) is 0 Å². The van der Waals surface area contributed by atoms with Crippen molar-refractivity contribution in [3.05, 3.63) is 18.2 Å². The molecule has 82 valence electrons. The van der Waals surface area contributed by atoms with E-state index in [-0.39, 0.29) is 23.9 Å². The van der Waals surface area contributed by atoms with Crippen molar-refractivity contribution in [3.63, 3.8) is 0 Å². The van der Waals surface area contributed by atoms with Crippen LogP contribution in [-0.2, 0) is 4.79 Å². The first-order chi connectivity index (χ1) is 7.18. The molecule has 0 bridgehead atoms. The van der Waals surface area contributed by atoms with Crippen LogP contribution in [0.3, 0.4) is 0 Å². The first kappa shape index (κ1) is 10.2. The Balaban J connectivity index is 2.09. The van der Waals surface area contributed by atoms with Gasteiger partial charge in [0, 0.05) is 12.7 Å². The van der Waals surface area contributed by atoms with Gasteiger partial charge in [0.1, 0.15) is 0 Å². The summed E-state index contributed by atoms with van der Waals surface area (Å²) in [6, 6.07) is 0.0182. The van der Waals surface area contributed by atoms with Gasteiger partial charge >= 0.3 is 0 Å². The van der Waals surface area contributed by atoms with Gasteiger partial charge in [-0.2, -0.15) is 0 Å². The molecule has 1 saturated heterocycles. The van der Waals surface area contributed by atoms with Gasteiger partial charge in [-0.05, 0) is 5.92 Å². The van der Waals surface area contributed by atoms with Crippen LogP contribution in [-0.4, -0.2) is 28.5 Å². The SMILES string of the molecule is CC(C)C1NC(c2cnc[nH]2)CNC1=O. The Bertz CT molecular complexity index is 333. The van der Waals surface area contributed by atoms with Crippen LogP contribution in [0.4, 0.5) is 0 Å². The molecule has 2 atom stereocenters. The predicted molar refractivity (Wildman–Crippen MR) is 56.1 cm³/mol. The van der Waals surface area contributed by atoms with Gasteiger partial charge in [-0.3, -0.25) is 10.1 Å². The number of hydrogen-bond acceptors (Lipinski definition) is 3. The van der Waals surface area contributed by atoms with Gasteiger partial charge in [-0.15, -0.1) is 0 Å². The number of imidazole rings is 1. The average molecular weight is 208 g/mol. The van der Waals surface area contributed by atoms with Crippen LogP contribution in [0.2, 0.25) is 0 Å². The summed E-state index contributed by atoms with van der Waals surface area (Å²) in [5.74, 6) is 0.372. The highest BCUT2D eigenvalue weighted by Gasteiger charge is 2.30. The van der Waals surface area contributed by atoms with E-state index in [0.717, 1.165) is 5.69 Å². The number of rotatable bonds is 2. The van der Waals surface area contributed by atoms with Gasteiger partial charge < -0.3 is 10.3 Å². The lowest BCUT2D eigenvalue weighted by Gasteiger charge is -2.32. The summed E-state index contributed by atoms with van der Waals surface area (Å²) in [5.41, 5.74) is 1.01. The summed E-state index contributed by atoms with van der Waals surface area (Å²) < 4.78 is 0. The van der Waals surface area contributed by atoms with Crippen molar-refractivity contribution in [2.24, 2.45) is 5.92 Å². The van der Waals surface area contributed by atoms with Crippen molar-refractivity contribution in [2.75, 3.05) is 6.54 Å².